The van der Waals surface area contributed by atoms with Gasteiger partial charge < -0.3 is 20.6 Å². The minimum Gasteiger partial charge on any atom is -0.481 e. The first-order chi connectivity index (χ1) is 13.9. The average molecular weight is 397 g/mol. The van der Waals surface area contributed by atoms with Crippen LogP contribution in [-0.4, -0.2) is 43.5 Å². The van der Waals surface area contributed by atoms with E-state index in [1.165, 1.54) is 0 Å². The molecule has 7 nitrogen and oxygen atoms in total. The molecule has 0 bridgehead atoms. The fourth-order valence-corrected chi connectivity index (χ4v) is 2.80. The van der Waals surface area contributed by atoms with Crippen LogP contribution in [0.1, 0.15) is 29.9 Å². The first-order valence-electron chi connectivity index (χ1n) is 9.44. The quantitative estimate of drug-likeness (QED) is 0.570. The molecule has 2 rings (SSSR count). The molecule has 7 heteroatoms. The van der Waals surface area contributed by atoms with Crippen molar-refractivity contribution in [2.75, 3.05) is 25.5 Å². The van der Waals surface area contributed by atoms with Gasteiger partial charge in [0, 0.05) is 39.3 Å². The highest BCUT2D eigenvalue weighted by atomic mass is 16.4. The lowest BCUT2D eigenvalue weighted by atomic mass is 9.98. The summed E-state index contributed by atoms with van der Waals surface area (Å²) >= 11 is 0. The fraction of sp³-hybridized carbons (Fsp3) is 0.318. The van der Waals surface area contributed by atoms with E-state index in [9.17, 15) is 14.4 Å². The maximum Gasteiger partial charge on any atom is 0.303 e. The van der Waals surface area contributed by atoms with Crippen LogP contribution in [0.25, 0.3) is 0 Å². The van der Waals surface area contributed by atoms with Crippen LogP contribution < -0.4 is 15.5 Å². The summed E-state index contributed by atoms with van der Waals surface area (Å²) in [6, 6.07) is 17.1. The van der Waals surface area contributed by atoms with E-state index >= 15 is 0 Å². The number of benzene rings is 2. The second-order valence-corrected chi connectivity index (χ2v) is 6.94. The number of hydrogen-bond acceptors (Lipinski definition) is 4. The molecule has 154 valence electrons. The van der Waals surface area contributed by atoms with Crippen LogP contribution in [0.3, 0.4) is 0 Å². The van der Waals surface area contributed by atoms with Gasteiger partial charge in [-0.05, 0) is 23.3 Å². The van der Waals surface area contributed by atoms with E-state index in [2.05, 4.69) is 10.6 Å². The smallest absolute Gasteiger partial charge is 0.303 e. The molecule has 0 fully saturated rings. The van der Waals surface area contributed by atoms with Gasteiger partial charge in [-0.1, -0.05) is 42.5 Å². The van der Waals surface area contributed by atoms with E-state index in [0.29, 0.717) is 6.54 Å². The van der Waals surface area contributed by atoms with Crippen molar-refractivity contribution >= 4 is 23.5 Å². The van der Waals surface area contributed by atoms with Crippen molar-refractivity contribution in [1.82, 2.24) is 10.6 Å². The maximum absolute atomic E-state index is 12.8. The van der Waals surface area contributed by atoms with E-state index < -0.39 is 11.9 Å². The van der Waals surface area contributed by atoms with Crippen molar-refractivity contribution in [3.63, 3.8) is 0 Å². The van der Waals surface area contributed by atoms with Crippen LogP contribution in [-0.2, 0) is 20.9 Å². The molecule has 0 radical (unpaired) electrons. The van der Waals surface area contributed by atoms with Gasteiger partial charge in [-0.2, -0.15) is 0 Å². The lowest BCUT2D eigenvalue weighted by Gasteiger charge is -2.18. The van der Waals surface area contributed by atoms with Crippen LogP contribution in [0.5, 0.6) is 0 Å². The van der Waals surface area contributed by atoms with E-state index in [0.717, 1.165) is 16.8 Å². The molecule has 1 atom stereocenters. The third-order valence-electron chi connectivity index (χ3n) is 4.51. The zero-order valence-corrected chi connectivity index (χ0v) is 16.7. The number of carboxylic acids is 1. The van der Waals surface area contributed by atoms with Crippen molar-refractivity contribution in [2.45, 2.75) is 25.3 Å². The molecule has 0 aromatic heterocycles. The number of rotatable bonds is 10. The molecule has 2 amide bonds. The maximum atomic E-state index is 12.8. The van der Waals surface area contributed by atoms with E-state index in [1.807, 2.05) is 73.6 Å². The molecule has 0 aliphatic rings. The van der Waals surface area contributed by atoms with Crippen LogP contribution in [0.4, 0.5) is 5.69 Å². The molecular formula is C22H27N3O4. The number of hydrogen-bond donors (Lipinski definition) is 3. The summed E-state index contributed by atoms with van der Waals surface area (Å²) in [7, 11) is 3.93. The zero-order valence-electron chi connectivity index (χ0n) is 16.7. The van der Waals surface area contributed by atoms with E-state index in [4.69, 9.17) is 5.11 Å². The fourth-order valence-electron chi connectivity index (χ4n) is 2.80. The Morgan fingerprint density at radius 1 is 0.931 bits per heavy atom. The number of carbonyl (C=O) groups excluding carboxylic acids is 2. The molecule has 0 saturated carbocycles. The Hall–Kier alpha value is -3.35. The lowest BCUT2D eigenvalue weighted by molar-refractivity contribution is -0.139. The van der Waals surface area contributed by atoms with E-state index in [1.54, 1.807) is 0 Å². The molecule has 3 N–H and O–H groups in total. The Morgan fingerprint density at radius 2 is 1.59 bits per heavy atom. The Balaban J connectivity index is 1.99. The topological polar surface area (TPSA) is 98.7 Å². The predicted molar refractivity (Wildman–Crippen MR) is 112 cm³/mol. The SMILES string of the molecule is CN(C)c1ccc(CNC(=O)[C@H](CNC(=O)CCC(=O)O)c2ccccc2)cc1. The van der Waals surface area contributed by atoms with Crippen LogP contribution in [0.2, 0.25) is 0 Å². The number of anilines is 1. The van der Waals surface area contributed by atoms with Gasteiger partial charge >= 0.3 is 5.97 Å². The van der Waals surface area contributed by atoms with Gasteiger partial charge in [0.15, 0.2) is 0 Å². The summed E-state index contributed by atoms with van der Waals surface area (Å²) in [5.74, 6) is -2.18. The first-order valence-corrected chi connectivity index (χ1v) is 9.44. The monoisotopic (exact) mass is 397 g/mol. The number of aliphatic carboxylic acids is 1. The highest BCUT2D eigenvalue weighted by Gasteiger charge is 2.21. The second kappa shape index (κ2) is 10.8. The summed E-state index contributed by atoms with van der Waals surface area (Å²) < 4.78 is 0. The third-order valence-corrected chi connectivity index (χ3v) is 4.51. The predicted octanol–water partition coefficient (Wildman–Crippen LogP) is 2.13. The molecule has 0 saturated heterocycles. The minimum atomic E-state index is -1.03. The zero-order chi connectivity index (χ0) is 21.2. The Morgan fingerprint density at radius 3 is 2.17 bits per heavy atom. The molecule has 0 spiro atoms. The Kier molecular flexibility index (Phi) is 8.21. The van der Waals surface area contributed by atoms with Crippen molar-refractivity contribution in [3.8, 4) is 0 Å². The van der Waals surface area contributed by atoms with Crippen LogP contribution in [0.15, 0.2) is 54.6 Å². The normalized spacial score (nSPS) is 11.4. The first kappa shape index (κ1) is 21.9. The summed E-state index contributed by atoms with van der Waals surface area (Å²) in [6.07, 6.45) is -0.354. The molecule has 2 aromatic carbocycles. The molecule has 0 aliphatic carbocycles. The van der Waals surface area contributed by atoms with Gasteiger partial charge in [0.05, 0.1) is 12.3 Å². The standard InChI is InChI=1S/C22H27N3O4/c1-25(2)18-10-8-16(9-11-18)14-24-22(29)19(17-6-4-3-5-7-17)15-23-20(26)12-13-21(27)28/h3-11,19H,12-15H2,1-2H3,(H,23,26)(H,24,29)(H,27,28)/t19-/m1/s1. The van der Waals surface area contributed by atoms with Crippen LogP contribution >= 0.6 is 0 Å². The van der Waals surface area contributed by atoms with Gasteiger partial charge in [-0.3, -0.25) is 14.4 Å². The van der Waals surface area contributed by atoms with Gasteiger partial charge in [0.1, 0.15) is 0 Å². The van der Waals surface area contributed by atoms with Crippen molar-refractivity contribution < 1.29 is 19.5 Å². The van der Waals surface area contributed by atoms with Gasteiger partial charge in [-0.25, -0.2) is 0 Å². The molecule has 29 heavy (non-hydrogen) atoms. The highest BCUT2D eigenvalue weighted by molar-refractivity contribution is 5.85. The van der Waals surface area contributed by atoms with Crippen LogP contribution in [0, 0.1) is 0 Å². The molecule has 0 unspecified atom stereocenters. The molecule has 0 heterocycles. The number of nitrogens with zero attached hydrogens (tertiary/aromatic N) is 1. The number of carboxylic acid groups (broad SMARTS) is 1. The summed E-state index contributed by atoms with van der Waals surface area (Å²) in [6.45, 7) is 0.483. The van der Waals surface area contributed by atoms with E-state index in [-0.39, 0.29) is 31.2 Å². The number of carbonyl (C=O) groups is 3. The average Bonchev–Trinajstić information content (AvgIpc) is 2.72. The molecular weight excluding hydrogens is 370 g/mol. The summed E-state index contributed by atoms with van der Waals surface area (Å²) in [4.78, 5) is 37.3. The minimum absolute atomic E-state index is 0.105. The lowest BCUT2D eigenvalue weighted by Crippen LogP contribution is -2.37. The highest BCUT2D eigenvalue weighted by Crippen LogP contribution is 2.16. The van der Waals surface area contributed by atoms with Crippen molar-refractivity contribution in [2.24, 2.45) is 0 Å². The number of nitrogens with one attached hydrogen (secondary N) is 2. The third kappa shape index (κ3) is 7.29. The van der Waals surface area contributed by atoms with Gasteiger partial charge in [0.2, 0.25) is 11.8 Å². The largest absolute Gasteiger partial charge is 0.481 e. The summed E-state index contributed by atoms with van der Waals surface area (Å²) in [5, 5.41) is 14.3. The molecule has 2 aromatic rings. The van der Waals surface area contributed by atoms with Crippen molar-refractivity contribution in [3.05, 3.63) is 65.7 Å². The van der Waals surface area contributed by atoms with Gasteiger partial charge in [-0.15, -0.1) is 0 Å². The summed E-state index contributed by atoms with van der Waals surface area (Å²) in [5.41, 5.74) is 2.83. The van der Waals surface area contributed by atoms with Crippen molar-refractivity contribution in [1.29, 1.82) is 0 Å². The number of amides is 2. The molecule has 0 aliphatic heterocycles. The Labute approximate surface area is 170 Å². The van der Waals surface area contributed by atoms with Gasteiger partial charge in [0.25, 0.3) is 0 Å². The Bertz CT molecular complexity index is 820. The second-order valence-electron chi connectivity index (χ2n) is 6.94.